The Morgan fingerprint density at radius 3 is 2.75 bits per heavy atom. The number of hydrogen-bond acceptors (Lipinski definition) is 3. The van der Waals surface area contributed by atoms with E-state index in [1.54, 1.807) is 6.92 Å². The summed E-state index contributed by atoms with van der Waals surface area (Å²) >= 11 is 0. The Bertz CT molecular complexity index is 499. The number of ether oxygens (including phenoxy) is 1. The molecule has 0 saturated carbocycles. The molecule has 1 aromatic carbocycles. The Morgan fingerprint density at radius 2 is 2.10 bits per heavy atom. The molecular formula is C16H24N2O2. The highest BCUT2D eigenvalue weighted by molar-refractivity contribution is 5.84. The van der Waals surface area contributed by atoms with Crippen LogP contribution in [0.5, 0.6) is 5.75 Å². The third-order valence-corrected chi connectivity index (χ3v) is 3.75. The zero-order chi connectivity index (χ0) is 14.8. The molecule has 4 nitrogen and oxygen atoms in total. The van der Waals surface area contributed by atoms with Crippen molar-refractivity contribution in [2.24, 2.45) is 5.73 Å². The molecule has 0 saturated heterocycles. The van der Waals surface area contributed by atoms with Crippen LogP contribution in [-0.2, 0) is 17.6 Å². The summed E-state index contributed by atoms with van der Waals surface area (Å²) in [5.74, 6) is 0.413. The molecule has 0 radical (unpaired) electrons. The molecule has 0 spiro atoms. The van der Waals surface area contributed by atoms with Crippen LogP contribution in [0.25, 0.3) is 0 Å². The minimum Gasteiger partial charge on any atom is -0.491 e. The van der Waals surface area contributed by atoms with Crippen LogP contribution in [0.4, 0.5) is 0 Å². The van der Waals surface area contributed by atoms with E-state index in [2.05, 4.69) is 17.4 Å². The van der Waals surface area contributed by atoms with Crippen LogP contribution in [-0.4, -0.2) is 24.1 Å². The van der Waals surface area contributed by atoms with Crippen molar-refractivity contribution in [3.05, 3.63) is 29.3 Å². The fourth-order valence-electron chi connectivity index (χ4n) is 2.69. The van der Waals surface area contributed by atoms with Gasteiger partial charge in [-0.25, -0.2) is 0 Å². The minimum absolute atomic E-state index is 0.163. The maximum absolute atomic E-state index is 11.6. The molecule has 20 heavy (non-hydrogen) atoms. The number of aryl methyl sites for hydroxylation is 2. The average molecular weight is 276 g/mol. The molecule has 0 aliphatic heterocycles. The number of carbonyl (C=O) groups excluding carboxylic acids is 1. The van der Waals surface area contributed by atoms with Gasteiger partial charge in [0.25, 0.3) is 0 Å². The van der Waals surface area contributed by atoms with Crippen molar-refractivity contribution in [1.29, 1.82) is 0 Å². The van der Waals surface area contributed by atoms with Crippen LogP contribution in [0.3, 0.4) is 0 Å². The van der Waals surface area contributed by atoms with Crippen LogP contribution >= 0.6 is 0 Å². The van der Waals surface area contributed by atoms with Gasteiger partial charge in [0.1, 0.15) is 17.9 Å². The molecule has 1 aliphatic carbocycles. The summed E-state index contributed by atoms with van der Waals surface area (Å²) in [6.45, 7) is 5.98. The molecule has 0 bridgehead atoms. The monoisotopic (exact) mass is 276 g/mol. The van der Waals surface area contributed by atoms with Gasteiger partial charge < -0.3 is 10.5 Å². The zero-order valence-electron chi connectivity index (χ0n) is 12.5. The molecule has 1 aliphatic rings. The highest BCUT2D eigenvalue weighted by atomic mass is 16.5. The number of rotatable bonds is 6. The van der Waals surface area contributed by atoms with Gasteiger partial charge in [-0.1, -0.05) is 6.07 Å². The van der Waals surface area contributed by atoms with Crippen LogP contribution < -0.4 is 15.8 Å². The van der Waals surface area contributed by atoms with E-state index in [-0.39, 0.29) is 12.6 Å². The molecule has 0 fully saturated rings. The summed E-state index contributed by atoms with van der Waals surface area (Å²) < 4.78 is 5.80. The number of benzene rings is 1. The lowest BCUT2D eigenvalue weighted by molar-refractivity contribution is -0.125. The maximum Gasteiger partial charge on any atom is 0.240 e. The number of primary amides is 1. The summed E-state index contributed by atoms with van der Waals surface area (Å²) in [6, 6.07) is 6.34. The highest BCUT2D eigenvalue weighted by Gasteiger charge is 2.32. The molecule has 1 atom stereocenters. The number of amides is 1. The van der Waals surface area contributed by atoms with E-state index in [1.807, 2.05) is 19.9 Å². The second-order valence-electron chi connectivity index (χ2n) is 6.07. The van der Waals surface area contributed by atoms with E-state index < -0.39 is 11.4 Å². The molecule has 0 heterocycles. The smallest absolute Gasteiger partial charge is 0.240 e. The number of nitrogens with two attached hydrogens (primary N) is 1. The van der Waals surface area contributed by atoms with Gasteiger partial charge in [0, 0.05) is 6.04 Å². The second-order valence-corrected chi connectivity index (χ2v) is 6.07. The summed E-state index contributed by atoms with van der Waals surface area (Å²) in [5.41, 5.74) is 7.41. The topological polar surface area (TPSA) is 64.3 Å². The standard InChI is InChI=1S/C16H24N2O2/c1-11(2)18-16(3,15(17)19)10-20-14-8-7-12-5-4-6-13(12)9-14/h7-9,11,18H,4-6,10H2,1-3H3,(H2,17,19). The average Bonchev–Trinajstić information content (AvgIpc) is 2.82. The van der Waals surface area contributed by atoms with Gasteiger partial charge in [0.15, 0.2) is 0 Å². The Labute approximate surface area is 120 Å². The maximum atomic E-state index is 11.6. The normalized spacial score (nSPS) is 16.8. The molecule has 3 N–H and O–H groups in total. The molecule has 1 unspecified atom stereocenters. The summed E-state index contributed by atoms with van der Waals surface area (Å²) in [7, 11) is 0. The Hall–Kier alpha value is -1.55. The predicted octanol–water partition coefficient (Wildman–Crippen LogP) is 1.80. The predicted molar refractivity (Wildman–Crippen MR) is 79.8 cm³/mol. The van der Waals surface area contributed by atoms with E-state index in [1.165, 1.54) is 17.5 Å². The SMILES string of the molecule is CC(C)NC(C)(COc1ccc2c(c1)CCC2)C(N)=O. The third kappa shape index (κ3) is 3.31. The van der Waals surface area contributed by atoms with E-state index >= 15 is 0 Å². The fraction of sp³-hybridized carbons (Fsp3) is 0.562. The van der Waals surface area contributed by atoms with Crippen LogP contribution in [0.1, 0.15) is 38.3 Å². The number of carbonyl (C=O) groups is 1. The number of fused-ring (bicyclic) bond motifs is 1. The van der Waals surface area contributed by atoms with Gasteiger partial charge in [0.2, 0.25) is 5.91 Å². The van der Waals surface area contributed by atoms with Crippen molar-refractivity contribution in [1.82, 2.24) is 5.32 Å². The summed E-state index contributed by atoms with van der Waals surface area (Å²) in [6.07, 6.45) is 3.49. The Balaban J connectivity index is 2.04. The lowest BCUT2D eigenvalue weighted by Crippen LogP contribution is -2.59. The lowest BCUT2D eigenvalue weighted by atomic mass is 10.0. The first-order chi connectivity index (χ1) is 9.40. The van der Waals surface area contributed by atoms with Crippen molar-refractivity contribution in [2.75, 3.05) is 6.61 Å². The van der Waals surface area contributed by atoms with Crippen LogP contribution in [0.15, 0.2) is 18.2 Å². The first-order valence-corrected chi connectivity index (χ1v) is 7.23. The summed E-state index contributed by atoms with van der Waals surface area (Å²) in [4.78, 5) is 11.6. The second kappa shape index (κ2) is 5.83. The molecule has 1 aromatic rings. The van der Waals surface area contributed by atoms with Gasteiger partial charge in [-0.3, -0.25) is 10.1 Å². The van der Waals surface area contributed by atoms with Gasteiger partial charge in [-0.05, 0) is 63.3 Å². The molecule has 1 amide bonds. The van der Waals surface area contributed by atoms with Crippen molar-refractivity contribution in [3.8, 4) is 5.75 Å². The van der Waals surface area contributed by atoms with Gasteiger partial charge in [-0.15, -0.1) is 0 Å². The van der Waals surface area contributed by atoms with Crippen molar-refractivity contribution in [2.45, 2.75) is 51.6 Å². The fourth-order valence-corrected chi connectivity index (χ4v) is 2.69. The van der Waals surface area contributed by atoms with E-state index in [4.69, 9.17) is 10.5 Å². The van der Waals surface area contributed by atoms with Gasteiger partial charge in [0.05, 0.1) is 0 Å². The number of hydrogen-bond donors (Lipinski definition) is 2. The van der Waals surface area contributed by atoms with Crippen molar-refractivity contribution < 1.29 is 9.53 Å². The Kier molecular flexibility index (Phi) is 4.33. The molecule has 4 heteroatoms. The quantitative estimate of drug-likeness (QED) is 0.832. The van der Waals surface area contributed by atoms with Crippen molar-refractivity contribution in [3.63, 3.8) is 0 Å². The van der Waals surface area contributed by atoms with Crippen LogP contribution in [0.2, 0.25) is 0 Å². The minimum atomic E-state index is -0.854. The first-order valence-electron chi connectivity index (χ1n) is 7.23. The van der Waals surface area contributed by atoms with Crippen LogP contribution in [0, 0.1) is 0 Å². The van der Waals surface area contributed by atoms with E-state index in [9.17, 15) is 4.79 Å². The number of nitrogens with one attached hydrogen (secondary N) is 1. The third-order valence-electron chi connectivity index (χ3n) is 3.75. The van der Waals surface area contributed by atoms with Crippen molar-refractivity contribution >= 4 is 5.91 Å². The largest absolute Gasteiger partial charge is 0.491 e. The lowest BCUT2D eigenvalue weighted by Gasteiger charge is -2.29. The molecule has 0 aromatic heterocycles. The van der Waals surface area contributed by atoms with E-state index in [0.29, 0.717) is 0 Å². The van der Waals surface area contributed by atoms with E-state index in [0.717, 1.165) is 18.6 Å². The highest BCUT2D eigenvalue weighted by Crippen LogP contribution is 2.26. The molecule has 2 rings (SSSR count). The first kappa shape index (κ1) is 14.9. The van der Waals surface area contributed by atoms with Gasteiger partial charge in [-0.2, -0.15) is 0 Å². The molecular weight excluding hydrogens is 252 g/mol. The Morgan fingerprint density at radius 1 is 1.40 bits per heavy atom. The summed E-state index contributed by atoms with van der Waals surface area (Å²) in [5, 5.41) is 3.18. The van der Waals surface area contributed by atoms with Gasteiger partial charge >= 0.3 is 0 Å². The molecule has 110 valence electrons. The zero-order valence-corrected chi connectivity index (χ0v) is 12.5.